The number of amides is 4. The van der Waals surface area contributed by atoms with Crippen LogP contribution in [0, 0.1) is 0 Å². The molecule has 3 aromatic rings. The lowest BCUT2D eigenvalue weighted by Crippen LogP contribution is -2.53. The van der Waals surface area contributed by atoms with E-state index in [9.17, 15) is 19.5 Å². The average molecular weight is 546 g/mol. The summed E-state index contributed by atoms with van der Waals surface area (Å²) < 4.78 is 5.48. The molecule has 4 heterocycles. The summed E-state index contributed by atoms with van der Waals surface area (Å²) in [6.07, 6.45) is 1.03. The van der Waals surface area contributed by atoms with Crippen LogP contribution in [0.4, 0.5) is 4.79 Å². The van der Waals surface area contributed by atoms with Crippen molar-refractivity contribution in [3.63, 3.8) is 0 Å². The van der Waals surface area contributed by atoms with Gasteiger partial charge in [0.15, 0.2) is 0 Å². The van der Waals surface area contributed by atoms with E-state index in [0.29, 0.717) is 32.5 Å². The number of rotatable bonds is 6. The minimum atomic E-state index is -1.08. The fourth-order valence-corrected chi connectivity index (χ4v) is 6.60. The zero-order valence-electron chi connectivity index (χ0n) is 23.1. The number of aromatic hydroxyl groups is 1. The second-order valence-electron chi connectivity index (χ2n) is 11.2. The maximum absolute atomic E-state index is 14.0. The van der Waals surface area contributed by atoms with Gasteiger partial charge in [-0.2, -0.15) is 0 Å². The minimum Gasteiger partial charge on any atom is -0.508 e. The number of benzene rings is 2. The summed E-state index contributed by atoms with van der Waals surface area (Å²) in [6.45, 7) is 7.49. The van der Waals surface area contributed by atoms with Crippen LogP contribution in [0.5, 0.6) is 11.5 Å². The predicted octanol–water partition coefficient (Wildman–Crippen LogP) is 3.10. The number of urea groups is 1. The maximum atomic E-state index is 14.0. The number of fused-ring (bicyclic) bond motifs is 4. The predicted molar refractivity (Wildman–Crippen MR) is 149 cm³/mol. The number of methoxy groups -OCH3 is 1. The number of phenolic OH excluding ortho intramolecular Hbond substituents is 1. The Balaban J connectivity index is 1.31. The fraction of sp³-hybridized carbons (Fsp3) is 0.433. The Morgan fingerprint density at radius 1 is 1.10 bits per heavy atom. The number of ether oxygens (including phenoxy) is 1. The van der Waals surface area contributed by atoms with Crippen molar-refractivity contribution in [2.75, 3.05) is 46.4 Å². The van der Waals surface area contributed by atoms with E-state index in [1.54, 1.807) is 37.1 Å². The molecule has 2 aromatic carbocycles. The lowest BCUT2D eigenvalue weighted by molar-refractivity contribution is -0.133. The van der Waals surface area contributed by atoms with Crippen LogP contribution >= 0.6 is 0 Å². The molecule has 4 amide bonds. The highest BCUT2D eigenvalue weighted by Gasteiger charge is 2.60. The van der Waals surface area contributed by atoms with E-state index in [2.05, 4.69) is 9.88 Å². The van der Waals surface area contributed by atoms with E-state index < -0.39 is 11.6 Å². The van der Waals surface area contributed by atoms with Gasteiger partial charge >= 0.3 is 6.03 Å². The number of aromatic amines is 1. The molecule has 10 nitrogen and oxygen atoms in total. The molecule has 3 aliphatic heterocycles. The number of imide groups is 1. The van der Waals surface area contributed by atoms with Crippen molar-refractivity contribution in [3.05, 3.63) is 59.3 Å². The van der Waals surface area contributed by atoms with E-state index >= 15 is 0 Å². The van der Waals surface area contributed by atoms with Crippen molar-refractivity contribution in [1.29, 1.82) is 0 Å². The number of nitrogens with one attached hydrogen (secondary N) is 1. The summed E-state index contributed by atoms with van der Waals surface area (Å²) in [6, 6.07) is 11.8. The van der Waals surface area contributed by atoms with Gasteiger partial charge in [-0.1, -0.05) is 12.1 Å². The number of nitrogens with zero attached hydrogens (tertiary/aromatic N) is 4. The Bertz CT molecular complexity index is 1490. The standard InChI is InChI=1S/C30H35N5O5/c1-19(36)33-14-12-32(13-15-33)10-5-11-34-28(38)30(2)18-24-23-17-22(40-3)8-9-25(23)31-26(24)27(35(30)29(34)39)20-6-4-7-21(37)16-20/h4,6-9,16-17,27,31,37H,5,10-15,18H2,1-3H3. The highest BCUT2D eigenvalue weighted by Crippen LogP contribution is 2.49. The average Bonchev–Trinajstić information content (AvgIpc) is 3.39. The van der Waals surface area contributed by atoms with Crippen molar-refractivity contribution in [2.45, 2.75) is 38.3 Å². The summed E-state index contributed by atoms with van der Waals surface area (Å²) in [5, 5.41) is 11.3. The Hall–Kier alpha value is -4.05. The molecule has 0 aliphatic carbocycles. The van der Waals surface area contributed by atoms with E-state index in [0.717, 1.165) is 53.1 Å². The van der Waals surface area contributed by atoms with Crippen LogP contribution in [-0.4, -0.2) is 99.5 Å². The molecule has 10 heteroatoms. The van der Waals surface area contributed by atoms with Crippen molar-refractivity contribution in [1.82, 2.24) is 24.6 Å². The first-order valence-electron chi connectivity index (χ1n) is 13.8. The van der Waals surface area contributed by atoms with Gasteiger partial charge in [-0.25, -0.2) is 4.79 Å². The lowest BCUT2D eigenvalue weighted by atomic mass is 9.81. The minimum absolute atomic E-state index is 0.0927. The van der Waals surface area contributed by atoms with Gasteiger partial charge in [-0.15, -0.1) is 0 Å². The molecule has 2 unspecified atom stereocenters. The van der Waals surface area contributed by atoms with E-state index in [-0.39, 0.29) is 23.6 Å². The van der Waals surface area contributed by atoms with Crippen molar-refractivity contribution >= 4 is 28.7 Å². The van der Waals surface area contributed by atoms with Gasteiger partial charge in [0.1, 0.15) is 23.1 Å². The van der Waals surface area contributed by atoms with E-state index in [1.165, 1.54) is 4.90 Å². The van der Waals surface area contributed by atoms with Gasteiger partial charge in [0.25, 0.3) is 5.91 Å². The first-order valence-corrected chi connectivity index (χ1v) is 13.8. The number of carbonyl (C=O) groups excluding carboxylic acids is 3. The highest BCUT2D eigenvalue weighted by molar-refractivity contribution is 6.08. The molecule has 2 N–H and O–H groups in total. The molecule has 3 aliphatic rings. The van der Waals surface area contributed by atoms with Crippen molar-refractivity contribution < 1.29 is 24.2 Å². The van der Waals surface area contributed by atoms with Gasteiger partial charge in [0.05, 0.1) is 7.11 Å². The first kappa shape index (κ1) is 26.2. The Labute approximate surface area is 233 Å². The fourth-order valence-electron chi connectivity index (χ4n) is 6.60. The van der Waals surface area contributed by atoms with Crippen LogP contribution in [0.15, 0.2) is 42.5 Å². The number of phenols is 1. The summed E-state index contributed by atoms with van der Waals surface area (Å²) in [4.78, 5) is 50.4. The normalized spacial score (nSPS) is 23.1. The third-order valence-corrected chi connectivity index (χ3v) is 8.73. The smallest absolute Gasteiger partial charge is 0.328 e. The largest absolute Gasteiger partial charge is 0.508 e. The molecule has 0 saturated carbocycles. The van der Waals surface area contributed by atoms with Crippen LogP contribution in [0.2, 0.25) is 0 Å². The van der Waals surface area contributed by atoms with Gasteiger partial charge in [0.2, 0.25) is 5.91 Å². The number of carbonyl (C=O) groups is 3. The third-order valence-electron chi connectivity index (χ3n) is 8.73. The summed E-state index contributed by atoms with van der Waals surface area (Å²) in [7, 11) is 1.62. The molecule has 2 atom stereocenters. The number of hydrogen-bond acceptors (Lipinski definition) is 6. The van der Waals surface area contributed by atoms with Crippen LogP contribution in [0.25, 0.3) is 10.9 Å². The van der Waals surface area contributed by atoms with Gasteiger partial charge < -0.3 is 19.7 Å². The second-order valence-corrected chi connectivity index (χ2v) is 11.2. The maximum Gasteiger partial charge on any atom is 0.328 e. The van der Waals surface area contributed by atoms with Crippen LogP contribution in [0.1, 0.15) is 43.1 Å². The molecule has 0 spiro atoms. The zero-order chi connectivity index (χ0) is 28.2. The monoisotopic (exact) mass is 545 g/mol. The molecular formula is C30H35N5O5. The zero-order valence-corrected chi connectivity index (χ0v) is 23.1. The molecule has 2 saturated heterocycles. The molecule has 6 rings (SSSR count). The summed E-state index contributed by atoms with van der Waals surface area (Å²) in [5.41, 5.74) is 2.38. The summed E-state index contributed by atoms with van der Waals surface area (Å²) >= 11 is 0. The molecule has 2 fully saturated rings. The van der Waals surface area contributed by atoms with Crippen LogP contribution in [0.3, 0.4) is 0 Å². The quantitative estimate of drug-likeness (QED) is 0.461. The van der Waals surface area contributed by atoms with Crippen LogP contribution < -0.4 is 4.74 Å². The Kier molecular flexibility index (Phi) is 6.45. The molecular weight excluding hydrogens is 510 g/mol. The molecule has 0 radical (unpaired) electrons. The first-order chi connectivity index (χ1) is 19.2. The second kappa shape index (κ2) is 9.85. The Morgan fingerprint density at radius 3 is 2.58 bits per heavy atom. The van der Waals surface area contributed by atoms with Gasteiger partial charge in [-0.05, 0) is 61.3 Å². The number of hydrogen-bond donors (Lipinski definition) is 2. The summed E-state index contributed by atoms with van der Waals surface area (Å²) in [5.74, 6) is 0.710. The van der Waals surface area contributed by atoms with E-state index in [4.69, 9.17) is 4.74 Å². The van der Waals surface area contributed by atoms with E-state index in [1.807, 2.05) is 36.1 Å². The molecule has 1 aromatic heterocycles. The number of piperazine rings is 1. The van der Waals surface area contributed by atoms with Crippen LogP contribution in [-0.2, 0) is 16.0 Å². The van der Waals surface area contributed by atoms with Gasteiger partial charge in [0, 0.05) is 62.7 Å². The molecule has 0 bridgehead atoms. The third kappa shape index (κ3) is 4.18. The highest BCUT2D eigenvalue weighted by atomic mass is 16.5. The number of H-pyrrole nitrogens is 1. The number of aromatic nitrogens is 1. The SMILES string of the molecule is COc1ccc2[nH]c3c(c2c1)CC1(C)C(=O)N(CCCN2CCN(C(C)=O)CC2)C(=O)N1C3c1cccc(O)c1. The Morgan fingerprint density at radius 2 is 1.88 bits per heavy atom. The topological polar surface area (TPSA) is 109 Å². The molecule has 40 heavy (non-hydrogen) atoms. The van der Waals surface area contributed by atoms with Crippen molar-refractivity contribution in [3.8, 4) is 11.5 Å². The molecule has 210 valence electrons. The lowest BCUT2D eigenvalue weighted by Gasteiger charge is -2.42. The van der Waals surface area contributed by atoms with Crippen molar-refractivity contribution in [2.24, 2.45) is 0 Å². The van der Waals surface area contributed by atoms with Gasteiger partial charge in [-0.3, -0.25) is 24.3 Å².